The van der Waals surface area contributed by atoms with Crippen LogP contribution in [0.5, 0.6) is 0 Å². The quantitative estimate of drug-likeness (QED) is 0.609. The number of methoxy groups -OCH3 is 1. The van der Waals surface area contributed by atoms with Crippen molar-refractivity contribution in [2.45, 2.75) is 6.92 Å². The molecule has 1 aromatic rings. The molecule has 110 valence electrons. The smallest absolute Gasteiger partial charge is 0.251 e. The van der Waals surface area contributed by atoms with Gasteiger partial charge in [0.05, 0.1) is 13.2 Å². The van der Waals surface area contributed by atoms with E-state index in [4.69, 9.17) is 4.74 Å². The summed E-state index contributed by atoms with van der Waals surface area (Å²) in [7, 11) is 1.58. The minimum Gasteiger partial charge on any atom is -0.383 e. The van der Waals surface area contributed by atoms with Crippen LogP contribution in [0, 0.1) is 0 Å². The second-order valence-electron chi connectivity index (χ2n) is 4.15. The molecule has 6 nitrogen and oxygen atoms in total. The van der Waals surface area contributed by atoms with Crippen molar-refractivity contribution >= 4 is 17.5 Å². The Balaban J connectivity index is 2.47. The normalized spacial score (nSPS) is 10.1. The number of anilines is 1. The molecule has 0 saturated carbocycles. The predicted octanol–water partition coefficient (Wildman–Crippen LogP) is 0.611. The monoisotopic (exact) mass is 279 g/mol. The van der Waals surface area contributed by atoms with Crippen LogP contribution >= 0.6 is 0 Å². The summed E-state index contributed by atoms with van der Waals surface area (Å²) < 4.78 is 4.86. The summed E-state index contributed by atoms with van der Waals surface area (Å²) in [6.45, 7) is 3.90. The molecule has 2 amide bonds. The minimum atomic E-state index is -0.160. The van der Waals surface area contributed by atoms with E-state index in [2.05, 4.69) is 16.0 Å². The highest BCUT2D eigenvalue weighted by Crippen LogP contribution is 2.09. The number of ether oxygens (including phenoxy) is 1. The van der Waals surface area contributed by atoms with Crippen LogP contribution in [0.2, 0.25) is 0 Å². The molecule has 0 radical (unpaired) electrons. The van der Waals surface area contributed by atoms with Crippen molar-refractivity contribution in [3.8, 4) is 0 Å². The first-order valence-electron chi connectivity index (χ1n) is 6.55. The predicted molar refractivity (Wildman–Crippen MR) is 77.8 cm³/mol. The third-order valence-corrected chi connectivity index (χ3v) is 2.56. The summed E-state index contributed by atoms with van der Waals surface area (Å²) in [6, 6.07) is 6.75. The van der Waals surface area contributed by atoms with Gasteiger partial charge in [-0.05, 0) is 30.8 Å². The van der Waals surface area contributed by atoms with Gasteiger partial charge in [-0.2, -0.15) is 0 Å². The molecule has 3 N–H and O–H groups in total. The molecule has 0 bridgehead atoms. The maximum Gasteiger partial charge on any atom is 0.251 e. The SMILES string of the molecule is CCNCC(=O)Nc1ccc(C(=O)NCCOC)cc1. The molecule has 0 aromatic heterocycles. The highest BCUT2D eigenvalue weighted by atomic mass is 16.5. The fourth-order valence-corrected chi connectivity index (χ4v) is 1.52. The van der Waals surface area contributed by atoms with E-state index in [-0.39, 0.29) is 18.4 Å². The number of hydrogen-bond donors (Lipinski definition) is 3. The maximum absolute atomic E-state index is 11.7. The summed E-state index contributed by atoms with van der Waals surface area (Å²) in [6.07, 6.45) is 0. The Bertz CT molecular complexity index is 432. The number of amides is 2. The van der Waals surface area contributed by atoms with Crippen LogP contribution in [-0.4, -0.2) is 45.2 Å². The van der Waals surface area contributed by atoms with Crippen LogP contribution in [0.15, 0.2) is 24.3 Å². The van der Waals surface area contributed by atoms with Crippen LogP contribution in [0.4, 0.5) is 5.69 Å². The zero-order chi connectivity index (χ0) is 14.8. The average molecular weight is 279 g/mol. The van der Waals surface area contributed by atoms with Gasteiger partial charge in [0.25, 0.3) is 5.91 Å². The summed E-state index contributed by atoms with van der Waals surface area (Å²) in [5, 5.41) is 8.41. The number of carbonyl (C=O) groups excluding carboxylic acids is 2. The Morgan fingerprint density at radius 1 is 1.20 bits per heavy atom. The Morgan fingerprint density at radius 2 is 1.90 bits per heavy atom. The van der Waals surface area contributed by atoms with Gasteiger partial charge < -0.3 is 20.7 Å². The van der Waals surface area contributed by atoms with Gasteiger partial charge in [-0.15, -0.1) is 0 Å². The van der Waals surface area contributed by atoms with Gasteiger partial charge in [-0.1, -0.05) is 6.92 Å². The molecule has 0 atom stereocenters. The number of nitrogens with one attached hydrogen (secondary N) is 3. The van der Waals surface area contributed by atoms with Crippen molar-refractivity contribution in [3.63, 3.8) is 0 Å². The van der Waals surface area contributed by atoms with E-state index in [1.54, 1.807) is 31.4 Å². The Kier molecular flexibility index (Phi) is 7.31. The zero-order valence-electron chi connectivity index (χ0n) is 11.9. The third-order valence-electron chi connectivity index (χ3n) is 2.56. The van der Waals surface area contributed by atoms with Crippen LogP contribution < -0.4 is 16.0 Å². The topological polar surface area (TPSA) is 79.5 Å². The van der Waals surface area contributed by atoms with E-state index in [0.29, 0.717) is 24.4 Å². The molecular weight excluding hydrogens is 258 g/mol. The Hall–Kier alpha value is -1.92. The van der Waals surface area contributed by atoms with E-state index < -0.39 is 0 Å². The largest absolute Gasteiger partial charge is 0.383 e. The third kappa shape index (κ3) is 5.81. The summed E-state index contributed by atoms with van der Waals surface area (Å²) in [4.78, 5) is 23.2. The molecule has 0 saturated heterocycles. The van der Waals surface area contributed by atoms with Gasteiger partial charge >= 0.3 is 0 Å². The first-order chi connectivity index (χ1) is 9.67. The summed E-state index contributed by atoms with van der Waals surface area (Å²) >= 11 is 0. The van der Waals surface area contributed by atoms with Gasteiger partial charge in [0.15, 0.2) is 0 Å². The van der Waals surface area contributed by atoms with Gasteiger partial charge in [-0.25, -0.2) is 0 Å². The standard InChI is InChI=1S/C14H21N3O3/c1-3-15-10-13(18)17-12-6-4-11(5-7-12)14(19)16-8-9-20-2/h4-7,15H,3,8-10H2,1-2H3,(H,16,19)(H,17,18). The molecule has 0 spiro atoms. The van der Waals surface area contributed by atoms with Gasteiger partial charge in [0, 0.05) is 24.9 Å². The van der Waals surface area contributed by atoms with Crippen molar-refractivity contribution in [2.24, 2.45) is 0 Å². The van der Waals surface area contributed by atoms with Crippen LogP contribution in [0.3, 0.4) is 0 Å². The van der Waals surface area contributed by atoms with E-state index in [1.807, 2.05) is 6.92 Å². The van der Waals surface area contributed by atoms with Crippen molar-refractivity contribution in [1.29, 1.82) is 0 Å². The zero-order valence-corrected chi connectivity index (χ0v) is 11.9. The molecule has 0 aliphatic rings. The number of carbonyl (C=O) groups is 2. The number of benzene rings is 1. The molecule has 1 rings (SSSR count). The lowest BCUT2D eigenvalue weighted by atomic mass is 10.2. The van der Waals surface area contributed by atoms with Crippen LogP contribution in [0.25, 0.3) is 0 Å². The van der Waals surface area contributed by atoms with Gasteiger partial charge in [0.1, 0.15) is 0 Å². The van der Waals surface area contributed by atoms with E-state index in [0.717, 1.165) is 6.54 Å². The minimum absolute atomic E-state index is 0.107. The summed E-state index contributed by atoms with van der Waals surface area (Å²) in [5.74, 6) is -0.267. The fourth-order valence-electron chi connectivity index (χ4n) is 1.52. The van der Waals surface area contributed by atoms with Crippen molar-refractivity contribution < 1.29 is 14.3 Å². The van der Waals surface area contributed by atoms with Crippen LogP contribution in [-0.2, 0) is 9.53 Å². The fraction of sp³-hybridized carbons (Fsp3) is 0.429. The molecule has 1 aromatic carbocycles. The second kappa shape index (κ2) is 9.06. The molecule has 0 fully saturated rings. The molecule has 0 aliphatic carbocycles. The van der Waals surface area contributed by atoms with Crippen molar-refractivity contribution in [1.82, 2.24) is 10.6 Å². The highest BCUT2D eigenvalue weighted by molar-refractivity contribution is 5.96. The van der Waals surface area contributed by atoms with E-state index in [9.17, 15) is 9.59 Å². The first kappa shape index (κ1) is 16.1. The highest BCUT2D eigenvalue weighted by Gasteiger charge is 2.05. The lowest BCUT2D eigenvalue weighted by molar-refractivity contribution is -0.115. The Labute approximate surface area is 118 Å². The van der Waals surface area contributed by atoms with E-state index in [1.165, 1.54) is 0 Å². The lowest BCUT2D eigenvalue weighted by Gasteiger charge is -2.07. The van der Waals surface area contributed by atoms with Crippen molar-refractivity contribution in [2.75, 3.05) is 38.7 Å². The molecule has 0 unspecified atom stereocenters. The number of hydrogen-bond acceptors (Lipinski definition) is 4. The van der Waals surface area contributed by atoms with E-state index >= 15 is 0 Å². The van der Waals surface area contributed by atoms with Gasteiger partial charge in [0.2, 0.25) is 5.91 Å². The molecule has 6 heteroatoms. The first-order valence-corrected chi connectivity index (χ1v) is 6.55. The second-order valence-corrected chi connectivity index (χ2v) is 4.15. The molecule has 0 heterocycles. The number of rotatable bonds is 8. The molecule has 0 aliphatic heterocycles. The molecular formula is C14H21N3O3. The van der Waals surface area contributed by atoms with Gasteiger partial charge in [-0.3, -0.25) is 9.59 Å². The summed E-state index contributed by atoms with van der Waals surface area (Å²) in [5.41, 5.74) is 1.21. The van der Waals surface area contributed by atoms with Crippen molar-refractivity contribution in [3.05, 3.63) is 29.8 Å². The lowest BCUT2D eigenvalue weighted by Crippen LogP contribution is -2.28. The average Bonchev–Trinajstić information content (AvgIpc) is 2.46. The van der Waals surface area contributed by atoms with Crippen LogP contribution in [0.1, 0.15) is 17.3 Å². The Morgan fingerprint density at radius 3 is 2.50 bits per heavy atom. The maximum atomic E-state index is 11.7. The molecule has 20 heavy (non-hydrogen) atoms. The number of likely N-dealkylation sites (N-methyl/N-ethyl adjacent to an activating group) is 1.